The Hall–Kier alpha value is -2.78. The normalized spacial score (nSPS) is 17.0. The zero-order valence-corrected chi connectivity index (χ0v) is 21.1. The van der Waals surface area contributed by atoms with Gasteiger partial charge in [0.1, 0.15) is 11.6 Å². The molecule has 1 saturated heterocycles. The summed E-state index contributed by atoms with van der Waals surface area (Å²) in [6, 6.07) is 5.88. The lowest BCUT2D eigenvalue weighted by molar-refractivity contribution is -0.378. The van der Waals surface area contributed by atoms with Crippen molar-refractivity contribution >= 4 is 31.4 Å². The van der Waals surface area contributed by atoms with E-state index in [1.54, 1.807) is 0 Å². The van der Waals surface area contributed by atoms with E-state index in [4.69, 9.17) is 9.41 Å². The van der Waals surface area contributed by atoms with Crippen LogP contribution in [0.5, 0.6) is 0 Å². The number of fused-ring (bicyclic) bond motifs is 1. The van der Waals surface area contributed by atoms with Gasteiger partial charge in [-0.3, -0.25) is 4.79 Å². The van der Waals surface area contributed by atoms with Gasteiger partial charge in [-0.05, 0) is 45.0 Å². The summed E-state index contributed by atoms with van der Waals surface area (Å²) in [6.45, 7) is 10.7. The third-order valence-corrected chi connectivity index (χ3v) is 7.02. The lowest BCUT2D eigenvalue weighted by atomic mass is 9.98. The summed E-state index contributed by atoms with van der Waals surface area (Å²) >= 11 is 0. The third-order valence-electron chi connectivity index (χ3n) is 5.95. The molecule has 1 fully saturated rings. The molecule has 3 aromatic rings. The Labute approximate surface area is 196 Å². The molecule has 8 nitrogen and oxygen atoms in total. The molecule has 0 aliphatic carbocycles. The maximum absolute atomic E-state index is 12.9. The van der Waals surface area contributed by atoms with E-state index in [0.717, 1.165) is 47.8 Å². The van der Waals surface area contributed by atoms with Gasteiger partial charge in [0.05, 0.1) is 12.2 Å². The maximum atomic E-state index is 12.9. The van der Waals surface area contributed by atoms with Crippen LogP contribution in [-0.2, 0) is 22.2 Å². The van der Waals surface area contributed by atoms with E-state index in [2.05, 4.69) is 52.9 Å². The zero-order valence-electron chi connectivity index (χ0n) is 20.1. The lowest BCUT2D eigenvalue weighted by Crippen LogP contribution is -2.47. The van der Waals surface area contributed by atoms with E-state index in [9.17, 15) is 4.79 Å². The molecular weight excluding hydrogens is 432 g/mol. The van der Waals surface area contributed by atoms with Crippen molar-refractivity contribution in [3.8, 4) is 0 Å². The van der Waals surface area contributed by atoms with E-state index in [0.29, 0.717) is 26.0 Å². The predicted octanol–water partition coefficient (Wildman–Crippen LogP) is 3.50. The van der Waals surface area contributed by atoms with Crippen LogP contribution in [0.3, 0.4) is 0 Å². The number of pyridine rings is 1. The first-order chi connectivity index (χ1) is 15.9. The molecule has 176 valence electrons. The number of nitrogens with zero attached hydrogens (tertiary/aromatic N) is 4. The molecule has 0 bridgehead atoms. The smallest absolute Gasteiger partial charge is 0.183 e. The van der Waals surface area contributed by atoms with Crippen LogP contribution < -0.4 is 15.2 Å². The second-order valence-corrected chi connectivity index (χ2v) is 14.1. The fourth-order valence-corrected chi connectivity index (χ4v) is 4.97. The van der Waals surface area contributed by atoms with Crippen LogP contribution in [-0.4, -0.2) is 47.9 Å². The molecule has 1 unspecified atom stereocenters. The number of nitrogens with one attached hydrogen (secondary N) is 2. The standard InChI is InChI=1S/C24H34N6O2Si/c1-5-19-17-27-30-22(26-16-18-8-6-11-25-15-18)14-23(28-24(19)30)29-12-7-9-21(31)20(29)10-13-32-33(2,3)4/h6,8,11,14-15,17,20,26H,5,7,9-10,12-13,16H2,1-4H3/p+1. The molecule has 1 aliphatic rings. The minimum Gasteiger partial charge on any atom is -0.418 e. The molecule has 0 spiro atoms. The first-order valence-corrected chi connectivity index (χ1v) is 15.3. The van der Waals surface area contributed by atoms with E-state index >= 15 is 0 Å². The second kappa shape index (κ2) is 10.0. The molecule has 33 heavy (non-hydrogen) atoms. The van der Waals surface area contributed by atoms with Crippen molar-refractivity contribution in [2.45, 2.75) is 64.8 Å². The number of ketones is 1. The van der Waals surface area contributed by atoms with Gasteiger partial charge in [0, 0.05) is 49.4 Å². The van der Waals surface area contributed by atoms with Crippen LogP contribution in [0.2, 0.25) is 19.6 Å². The number of aromatic nitrogens is 4. The predicted molar refractivity (Wildman–Crippen MR) is 132 cm³/mol. The third kappa shape index (κ3) is 5.59. The highest BCUT2D eigenvalue weighted by molar-refractivity contribution is 6.69. The van der Waals surface area contributed by atoms with Crippen LogP contribution in [0.4, 0.5) is 11.6 Å². The van der Waals surface area contributed by atoms with Gasteiger partial charge in [0.2, 0.25) is 0 Å². The van der Waals surface area contributed by atoms with Crippen LogP contribution in [0, 0.1) is 0 Å². The number of anilines is 2. The molecule has 1 aliphatic heterocycles. The highest BCUT2D eigenvalue weighted by Gasteiger charge is 2.31. The molecule has 9 heteroatoms. The summed E-state index contributed by atoms with van der Waals surface area (Å²) < 4.78 is 7.95. The fraction of sp³-hybridized carbons (Fsp3) is 0.500. The van der Waals surface area contributed by atoms with Crippen molar-refractivity contribution in [3.63, 3.8) is 0 Å². The van der Waals surface area contributed by atoms with Gasteiger partial charge >= 0.3 is 0 Å². The first-order valence-electron chi connectivity index (χ1n) is 11.9. The van der Waals surface area contributed by atoms with Crippen molar-refractivity contribution in [2.24, 2.45) is 0 Å². The maximum Gasteiger partial charge on any atom is 0.183 e. The van der Waals surface area contributed by atoms with Gasteiger partial charge in [-0.2, -0.15) is 9.61 Å². The summed E-state index contributed by atoms with van der Waals surface area (Å²) in [6.07, 6.45) is 8.77. The van der Waals surface area contributed by atoms with Crippen molar-refractivity contribution in [1.29, 1.82) is 0 Å². The molecule has 0 amide bonds. The van der Waals surface area contributed by atoms with Crippen molar-refractivity contribution in [2.75, 3.05) is 23.4 Å². The van der Waals surface area contributed by atoms with Gasteiger partial charge in [-0.15, -0.1) is 0 Å². The Bertz CT molecular complexity index is 1100. The number of carbonyl (C=O) groups is 1. The SMILES string of the molecule is CCc1cnn2c(NCc3ccc[nH+]c3)cc(N3CCCC(=O)C3CCO[Si](C)(C)C)nc12. The molecule has 0 saturated carbocycles. The molecule has 1 atom stereocenters. The highest BCUT2D eigenvalue weighted by atomic mass is 28.4. The number of H-pyrrole nitrogens is 1. The number of aryl methyl sites for hydroxylation is 1. The van der Waals surface area contributed by atoms with Crippen molar-refractivity contribution < 1.29 is 14.2 Å². The molecule has 0 radical (unpaired) electrons. The minimum absolute atomic E-state index is 0.199. The Balaban J connectivity index is 1.65. The number of carbonyl (C=O) groups excluding carboxylic acids is 1. The molecular formula is C24H35N6O2Si+. The van der Waals surface area contributed by atoms with Crippen LogP contribution in [0.1, 0.15) is 37.3 Å². The number of hydrogen-bond donors (Lipinski definition) is 1. The molecule has 0 aromatic carbocycles. The van der Waals surface area contributed by atoms with Gasteiger partial charge in [0.25, 0.3) is 0 Å². The number of rotatable bonds is 9. The summed E-state index contributed by atoms with van der Waals surface area (Å²) in [7, 11) is -1.63. The molecule has 4 rings (SSSR count). The van der Waals surface area contributed by atoms with Crippen LogP contribution in [0.15, 0.2) is 36.8 Å². The quantitative estimate of drug-likeness (QED) is 0.485. The van der Waals surface area contributed by atoms with E-state index in [1.807, 2.05) is 35.2 Å². The minimum atomic E-state index is -1.63. The monoisotopic (exact) mass is 467 g/mol. The average Bonchev–Trinajstić information content (AvgIpc) is 3.21. The highest BCUT2D eigenvalue weighted by Crippen LogP contribution is 2.28. The number of aromatic amines is 1. The van der Waals surface area contributed by atoms with Crippen LogP contribution >= 0.6 is 0 Å². The first kappa shape index (κ1) is 23.4. The Kier molecular flexibility index (Phi) is 7.09. The molecule has 2 N–H and O–H groups in total. The van der Waals surface area contributed by atoms with Gasteiger partial charge in [-0.1, -0.05) is 6.92 Å². The Morgan fingerprint density at radius 1 is 1.33 bits per heavy atom. The van der Waals surface area contributed by atoms with E-state index in [1.165, 1.54) is 0 Å². The summed E-state index contributed by atoms with van der Waals surface area (Å²) in [5.41, 5.74) is 3.07. The van der Waals surface area contributed by atoms with Crippen LogP contribution in [0.25, 0.3) is 5.65 Å². The Morgan fingerprint density at radius 2 is 2.18 bits per heavy atom. The zero-order chi connectivity index (χ0) is 23.4. The molecule has 3 aromatic heterocycles. The number of Topliss-reactive ketones (excluding diaryl/α,β-unsaturated/α-hetero) is 1. The second-order valence-electron chi connectivity index (χ2n) is 9.55. The van der Waals surface area contributed by atoms with Crippen molar-refractivity contribution in [3.05, 3.63) is 47.9 Å². The largest absolute Gasteiger partial charge is 0.418 e. The van der Waals surface area contributed by atoms with E-state index in [-0.39, 0.29) is 11.8 Å². The Morgan fingerprint density at radius 3 is 2.91 bits per heavy atom. The number of piperidine rings is 1. The topological polar surface area (TPSA) is 85.9 Å². The fourth-order valence-electron chi connectivity index (χ4n) is 4.24. The number of hydrogen-bond acceptors (Lipinski definition) is 6. The summed E-state index contributed by atoms with van der Waals surface area (Å²) in [5.74, 6) is 1.97. The van der Waals surface area contributed by atoms with Gasteiger partial charge in [-0.25, -0.2) is 9.97 Å². The summed E-state index contributed by atoms with van der Waals surface area (Å²) in [4.78, 5) is 23.2. The van der Waals surface area contributed by atoms with E-state index < -0.39 is 8.32 Å². The summed E-state index contributed by atoms with van der Waals surface area (Å²) in [5, 5.41) is 8.10. The van der Waals surface area contributed by atoms with Crippen molar-refractivity contribution in [1.82, 2.24) is 14.6 Å². The van der Waals surface area contributed by atoms with Gasteiger partial charge in [0.15, 0.2) is 32.1 Å². The average molecular weight is 468 g/mol. The van der Waals surface area contributed by atoms with Gasteiger partial charge < -0.3 is 14.6 Å². The molecule has 4 heterocycles. The lowest BCUT2D eigenvalue weighted by Gasteiger charge is -2.36.